The highest BCUT2D eigenvalue weighted by Crippen LogP contribution is 2.21. The predicted molar refractivity (Wildman–Crippen MR) is 57.5 cm³/mol. The summed E-state index contributed by atoms with van der Waals surface area (Å²) < 4.78 is 5.28. The summed E-state index contributed by atoms with van der Waals surface area (Å²) in [4.78, 5) is 23.6. The van der Waals surface area contributed by atoms with Crippen LogP contribution in [0.5, 0.6) is 5.75 Å². The Morgan fingerprint density at radius 3 is 2.50 bits per heavy atom. The Kier molecular flexibility index (Phi) is 2.76. The number of urea groups is 1. The van der Waals surface area contributed by atoms with E-state index >= 15 is 0 Å². The molecule has 0 aliphatic carbocycles. The first kappa shape index (κ1) is 10.5. The molecule has 0 saturated carbocycles. The van der Waals surface area contributed by atoms with Gasteiger partial charge in [0.15, 0.2) is 0 Å². The van der Waals surface area contributed by atoms with Crippen LogP contribution in [0.1, 0.15) is 6.92 Å². The molecule has 1 aromatic rings. The van der Waals surface area contributed by atoms with Crippen LogP contribution in [0.15, 0.2) is 24.3 Å². The number of hydrogen-bond acceptors (Lipinski definition) is 3. The fraction of sp³-hybridized carbons (Fsp3) is 0.273. The van der Waals surface area contributed by atoms with E-state index in [0.717, 1.165) is 5.75 Å². The van der Waals surface area contributed by atoms with E-state index in [9.17, 15) is 9.59 Å². The number of hydrogen-bond donors (Lipinski definition) is 0. The Morgan fingerprint density at radius 2 is 2.00 bits per heavy atom. The van der Waals surface area contributed by atoms with E-state index in [1.165, 1.54) is 4.90 Å². The number of rotatable bonds is 3. The lowest BCUT2D eigenvalue weighted by atomic mass is 10.3. The second-order valence-corrected chi connectivity index (χ2v) is 3.30. The highest BCUT2D eigenvalue weighted by molar-refractivity contribution is 6.11. The van der Waals surface area contributed by atoms with Crippen molar-refractivity contribution in [3.8, 4) is 5.75 Å². The summed E-state index contributed by atoms with van der Waals surface area (Å²) in [6.07, 6.45) is 0. The lowest BCUT2D eigenvalue weighted by Crippen LogP contribution is -2.25. The van der Waals surface area contributed by atoms with E-state index in [0.29, 0.717) is 12.3 Å². The SMILES string of the molecule is CCOc1ccc(N2CC(=O)[N]C2=O)cc1. The van der Waals surface area contributed by atoms with Gasteiger partial charge in [-0.25, -0.2) is 4.79 Å². The van der Waals surface area contributed by atoms with Gasteiger partial charge in [0, 0.05) is 5.69 Å². The second-order valence-electron chi connectivity index (χ2n) is 3.30. The van der Waals surface area contributed by atoms with Crippen molar-refractivity contribution in [2.45, 2.75) is 6.92 Å². The van der Waals surface area contributed by atoms with Gasteiger partial charge in [-0.15, -0.1) is 0 Å². The molecule has 5 nitrogen and oxygen atoms in total. The Morgan fingerprint density at radius 1 is 1.31 bits per heavy atom. The van der Waals surface area contributed by atoms with E-state index in [2.05, 4.69) is 5.32 Å². The molecule has 16 heavy (non-hydrogen) atoms. The van der Waals surface area contributed by atoms with Crippen molar-refractivity contribution >= 4 is 17.6 Å². The number of ether oxygens (including phenoxy) is 1. The standard InChI is InChI=1S/C11H11N2O3/c1-2-16-9-5-3-8(4-6-9)13-7-10(14)12-11(13)15/h3-6H,2,7H2,1H3. The third kappa shape index (κ3) is 1.98. The molecule has 2 rings (SSSR count). The van der Waals surface area contributed by atoms with Crippen molar-refractivity contribution in [2.75, 3.05) is 18.1 Å². The number of nitrogens with zero attached hydrogens (tertiary/aromatic N) is 2. The Bertz CT molecular complexity index is 414. The molecular formula is C11H11N2O3. The molecule has 0 atom stereocenters. The summed E-state index contributed by atoms with van der Waals surface area (Å²) in [5, 5.41) is 3.32. The van der Waals surface area contributed by atoms with Crippen LogP contribution in [-0.4, -0.2) is 25.1 Å². The van der Waals surface area contributed by atoms with Gasteiger partial charge in [-0.3, -0.25) is 9.69 Å². The number of anilines is 1. The Hall–Kier alpha value is -2.04. The fourth-order valence-corrected chi connectivity index (χ4v) is 1.50. The molecule has 1 aromatic carbocycles. The van der Waals surface area contributed by atoms with Crippen molar-refractivity contribution in [1.29, 1.82) is 0 Å². The van der Waals surface area contributed by atoms with Crippen LogP contribution in [0, 0.1) is 0 Å². The Labute approximate surface area is 93.0 Å². The first-order valence-corrected chi connectivity index (χ1v) is 4.99. The molecule has 3 amide bonds. The Balaban J connectivity index is 2.15. The summed E-state index contributed by atoms with van der Waals surface area (Å²) >= 11 is 0. The molecule has 1 heterocycles. The van der Waals surface area contributed by atoms with Gasteiger partial charge in [0.2, 0.25) is 0 Å². The van der Waals surface area contributed by atoms with Gasteiger partial charge >= 0.3 is 6.03 Å². The van der Waals surface area contributed by atoms with Crippen LogP contribution in [0.25, 0.3) is 0 Å². The molecule has 0 unspecified atom stereocenters. The molecule has 1 radical (unpaired) electrons. The van der Waals surface area contributed by atoms with Crippen LogP contribution in [-0.2, 0) is 4.79 Å². The summed E-state index contributed by atoms with van der Waals surface area (Å²) in [5.74, 6) is 0.333. The van der Waals surface area contributed by atoms with Crippen molar-refractivity contribution in [1.82, 2.24) is 5.32 Å². The molecule has 0 bridgehead atoms. The monoisotopic (exact) mass is 219 g/mol. The number of imide groups is 1. The van der Waals surface area contributed by atoms with Crippen LogP contribution >= 0.6 is 0 Å². The van der Waals surface area contributed by atoms with Gasteiger partial charge in [0.25, 0.3) is 5.91 Å². The van der Waals surface area contributed by atoms with Crippen LogP contribution in [0.4, 0.5) is 10.5 Å². The zero-order valence-electron chi connectivity index (χ0n) is 8.84. The number of amides is 3. The predicted octanol–water partition coefficient (Wildman–Crippen LogP) is 1.16. The van der Waals surface area contributed by atoms with E-state index in [1.54, 1.807) is 24.3 Å². The highest BCUT2D eigenvalue weighted by Gasteiger charge is 2.29. The molecular weight excluding hydrogens is 208 g/mol. The van der Waals surface area contributed by atoms with Gasteiger partial charge in [0.05, 0.1) is 6.61 Å². The first-order valence-electron chi connectivity index (χ1n) is 4.99. The lowest BCUT2D eigenvalue weighted by molar-refractivity contribution is -0.117. The minimum absolute atomic E-state index is 0.0206. The molecule has 1 aliphatic heterocycles. The molecule has 0 aromatic heterocycles. The first-order chi connectivity index (χ1) is 7.70. The zero-order chi connectivity index (χ0) is 11.5. The third-order valence-corrected chi connectivity index (χ3v) is 2.20. The van der Waals surface area contributed by atoms with Crippen molar-refractivity contribution in [2.24, 2.45) is 0 Å². The number of benzene rings is 1. The second kappa shape index (κ2) is 4.22. The fourth-order valence-electron chi connectivity index (χ4n) is 1.50. The molecule has 83 valence electrons. The summed E-state index contributed by atoms with van der Waals surface area (Å²) in [6.45, 7) is 2.51. The summed E-state index contributed by atoms with van der Waals surface area (Å²) in [5.41, 5.74) is 0.656. The van der Waals surface area contributed by atoms with Gasteiger partial charge in [-0.1, -0.05) is 0 Å². The molecule has 1 aliphatic rings. The largest absolute Gasteiger partial charge is 0.494 e. The maximum absolute atomic E-state index is 11.3. The highest BCUT2D eigenvalue weighted by atomic mass is 16.5. The summed E-state index contributed by atoms with van der Waals surface area (Å²) in [6, 6.07) is 6.48. The number of carbonyl (C=O) groups excluding carboxylic acids is 2. The van der Waals surface area contributed by atoms with Crippen molar-refractivity contribution < 1.29 is 14.3 Å². The average Bonchev–Trinajstić information content (AvgIpc) is 2.59. The summed E-state index contributed by atoms with van der Waals surface area (Å²) in [7, 11) is 0. The maximum Gasteiger partial charge on any atom is 0.351 e. The molecule has 0 spiro atoms. The van der Waals surface area contributed by atoms with E-state index in [4.69, 9.17) is 4.74 Å². The van der Waals surface area contributed by atoms with Crippen LogP contribution in [0.2, 0.25) is 0 Å². The van der Waals surface area contributed by atoms with E-state index < -0.39 is 11.9 Å². The molecule has 1 saturated heterocycles. The van der Waals surface area contributed by atoms with Crippen molar-refractivity contribution in [3.05, 3.63) is 24.3 Å². The smallest absolute Gasteiger partial charge is 0.351 e. The lowest BCUT2D eigenvalue weighted by Gasteiger charge is -2.13. The van der Waals surface area contributed by atoms with E-state index in [-0.39, 0.29) is 6.54 Å². The molecule has 1 fully saturated rings. The quantitative estimate of drug-likeness (QED) is 0.716. The van der Waals surface area contributed by atoms with Crippen LogP contribution in [0.3, 0.4) is 0 Å². The molecule has 5 heteroatoms. The maximum atomic E-state index is 11.3. The molecule has 0 N–H and O–H groups in total. The minimum Gasteiger partial charge on any atom is -0.494 e. The van der Waals surface area contributed by atoms with Gasteiger partial charge in [-0.2, -0.15) is 5.32 Å². The topological polar surface area (TPSA) is 60.7 Å². The average molecular weight is 219 g/mol. The number of carbonyl (C=O) groups is 2. The van der Waals surface area contributed by atoms with Gasteiger partial charge in [-0.05, 0) is 31.2 Å². The van der Waals surface area contributed by atoms with Crippen molar-refractivity contribution in [3.63, 3.8) is 0 Å². The zero-order valence-corrected chi connectivity index (χ0v) is 8.84. The minimum atomic E-state index is -0.505. The van der Waals surface area contributed by atoms with Gasteiger partial charge < -0.3 is 4.74 Å². The normalized spacial score (nSPS) is 15.2. The third-order valence-electron chi connectivity index (χ3n) is 2.20. The van der Waals surface area contributed by atoms with Gasteiger partial charge in [0.1, 0.15) is 12.3 Å². The van der Waals surface area contributed by atoms with Crippen LogP contribution < -0.4 is 15.0 Å². The van der Waals surface area contributed by atoms with E-state index in [1.807, 2.05) is 6.92 Å².